The Bertz CT molecular complexity index is 1420. The molecule has 2 aromatic rings. The summed E-state index contributed by atoms with van der Waals surface area (Å²) in [5.74, 6) is -0.179. The minimum atomic E-state index is -0.504. The van der Waals surface area contributed by atoms with E-state index in [1.165, 1.54) is 12.3 Å². The normalized spacial score (nSPS) is 19.2. The van der Waals surface area contributed by atoms with Gasteiger partial charge in [0, 0.05) is 49.9 Å². The molecule has 41 heavy (non-hydrogen) atoms. The van der Waals surface area contributed by atoms with E-state index in [0.29, 0.717) is 36.9 Å². The highest BCUT2D eigenvalue weighted by atomic mass is 19.1. The minimum absolute atomic E-state index is 0.0406. The van der Waals surface area contributed by atoms with Crippen LogP contribution in [0.4, 0.5) is 27.4 Å². The van der Waals surface area contributed by atoms with Crippen LogP contribution in [0.25, 0.3) is 5.57 Å². The van der Waals surface area contributed by atoms with Gasteiger partial charge in [-0.15, -0.1) is 0 Å². The van der Waals surface area contributed by atoms with E-state index in [4.69, 9.17) is 9.47 Å². The number of aromatic nitrogens is 2. The van der Waals surface area contributed by atoms with Gasteiger partial charge in [-0.25, -0.2) is 14.4 Å². The van der Waals surface area contributed by atoms with E-state index in [-0.39, 0.29) is 29.5 Å². The molecule has 5 rings (SSSR count). The van der Waals surface area contributed by atoms with E-state index in [2.05, 4.69) is 49.1 Å². The van der Waals surface area contributed by atoms with E-state index in [0.717, 1.165) is 30.0 Å². The quantitative estimate of drug-likeness (QED) is 0.422. The van der Waals surface area contributed by atoms with Crippen molar-refractivity contribution in [3.8, 4) is 5.75 Å². The molecule has 11 heteroatoms. The summed E-state index contributed by atoms with van der Waals surface area (Å²) in [4.78, 5) is 27.6. The van der Waals surface area contributed by atoms with Gasteiger partial charge in [-0.1, -0.05) is 30.9 Å². The maximum Gasteiger partial charge on any atom is 0.247 e. The number of carbonyl (C=O) groups is 1. The van der Waals surface area contributed by atoms with Crippen LogP contribution in [-0.2, 0) is 9.53 Å². The van der Waals surface area contributed by atoms with E-state index in [1.807, 2.05) is 44.3 Å². The smallest absolute Gasteiger partial charge is 0.247 e. The summed E-state index contributed by atoms with van der Waals surface area (Å²) in [6.07, 6.45) is 10.6. The van der Waals surface area contributed by atoms with Gasteiger partial charge in [0.1, 0.15) is 11.4 Å². The lowest BCUT2D eigenvalue weighted by atomic mass is 9.88. The third-order valence-corrected chi connectivity index (χ3v) is 7.47. The average Bonchev–Trinajstić information content (AvgIpc) is 3.31. The molecule has 1 amide bonds. The number of amides is 1. The number of nitrogens with one attached hydrogen (secondary N) is 2. The number of anilines is 4. The topological polar surface area (TPSA) is 95.1 Å². The SMILES string of the molecule is C=CC(=O)Nc1cc(Nc2ncc(F)c(C3=C4COCCN4C4C=CC=CC34)n2)c(OC)cc1N(C)CCN(C)C. The van der Waals surface area contributed by atoms with Crippen LogP contribution in [0.2, 0.25) is 0 Å². The number of methoxy groups -OCH3 is 1. The molecule has 1 saturated heterocycles. The molecule has 0 radical (unpaired) electrons. The lowest BCUT2D eigenvalue weighted by molar-refractivity contribution is -0.111. The Labute approximate surface area is 239 Å². The number of rotatable bonds is 10. The van der Waals surface area contributed by atoms with Gasteiger partial charge in [0.25, 0.3) is 0 Å². The number of carbonyl (C=O) groups excluding carboxylic acids is 1. The minimum Gasteiger partial charge on any atom is -0.494 e. The van der Waals surface area contributed by atoms with Crippen molar-refractivity contribution in [3.63, 3.8) is 0 Å². The Hall–Kier alpha value is -4.22. The Morgan fingerprint density at radius 2 is 2.05 bits per heavy atom. The number of hydrogen-bond donors (Lipinski definition) is 2. The van der Waals surface area contributed by atoms with Gasteiger partial charge in [-0.05, 0) is 26.2 Å². The summed E-state index contributed by atoms with van der Waals surface area (Å²) in [6, 6.07) is 3.70. The van der Waals surface area contributed by atoms with Crippen molar-refractivity contribution in [1.29, 1.82) is 0 Å². The number of likely N-dealkylation sites (N-methyl/N-ethyl adjacent to an activating group) is 2. The Morgan fingerprint density at radius 1 is 1.24 bits per heavy atom. The van der Waals surface area contributed by atoms with Crippen molar-refractivity contribution in [1.82, 2.24) is 19.8 Å². The first kappa shape index (κ1) is 28.3. The number of morpholine rings is 1. The zero-order valence-electron chi connectivity index (χ0n) is 23.9. The van der Waals surface area contributed by atoms with Crippen LogP contribution in [0, 0.1) is 11.7 Å². The first-order chi connectivity index (χ1) is 19.8. The Balaban J connectivity index is 1.51. The highest BCUT2D eigenvalue weighted by Crippen LogP contribution is 2.44. The van der Waals surface area contributed by atoms with Crippen molar-refractivity contribution in [3.05, 3.63) is 72.5 Å². The molecular formula is C30H36FN7O3. The molecule has 1 fully saturated rings. The molecule has 0 saturated carbocycles. The first-order valence-corrected chi connectivity index (χ1v) is 13.5. The summed E-state index contributed by atoms with van der Waals surface area (Å²) in [5, 5.41) is 6.07. The third kappa shape index (κ3) is 5.82. The summed E-state index contributed by atoms with van der Waals surface area (Å²) < 4.78 is 26.8. The maximum absolute atomic E-state index is 15.4. The zero-order valence-corrected chi connectivity index (χ0v) is 23.9. The van der Waals surface area contributed by atoms with Gasteiger partial charge >= 0.3 is 0 Å². The largest absolute Gasteiger partial charge is 0.494 e. The van der Waals surface area contributed by atoms with Crippen LogP contribution in [0.5, 0.6) is 5.75 Å². The fraction of sp³-hybridized carbons (Fsp3) is 0.367. The summed E-state index contributed by atoms with van der Waals surface area (Å²) in [6.45, 7) is 6.87. The molecule has 3 aliphatic rings. The number of ether oxygens (including phenoxy) is 2. The molecule has 0 spiro atoms. The van der Waals surface area contributed by atoms with E-state index >= 15 is 4.39 Å². The predicted octanol–water partition coefficient (Wildman–Crippen LogP) is 3.66. The van der Waals surface area contributed by atoms with Crippen LogP contribution in [0.15, 0.2) is 61.0 Å². The van der Waals surface area contributed by atoms with Crippen LogP contribution in [-0.4, -0.2) is 92.8 Å². The van der Waals surface area contributed by atoms with Gasteiger partial charge < -0.3 is 34.8 Å². The van der Waals surface area contributed by atoms with Gasteiger partial charge in [0.15, 0.2) is 5.82 Å². The second kappa shape index (κ2) is 12.1. The number of benzene rings is 1. The highest BCUT2D eigenvalue weighted by Gasteiger charge is 2.42. The molecular weight excluding hydrogens is 525 g/mol. The monoisotopic (exact) mass is 561 g/mol. The summed E-state index contributed by atoms with van der Waals surface area (Å²) in [7, 11) is 7.51. The second-order valence-electron chi connectivity index (χ2n) is 10.4. The van der Waals surface area contributed by atoms with E-state index in [9.17, 15) is 4.79 Å². The molecule has 216 valence electrons. The summed E-state index contributed by atoms with van der Waals surface area (Å²) >= 11 is 0. The fourth-order valence-electron chi connectivity index (χ4n) is 5.40. The summed E-state index contributed by atoms with van der Waals surface area (Å²) in [5.41, 5.74) is 3.83. The lowest BCUT2D eigenvalue weighted by Gasteiger charge is -2.33. The molecule has 3 heterocycles. The van der Waals surface area contributed by atoms with Gasteiger partial charge in [0.05, 0.1) is 49.6 Å². The van der Waals surface area contributed by atoms with Crippen molar-refractivity contribution in [2.24, 2.45) is 5.92 Å². The molecule has 2 N–H and O–H groups in total. The van der Waals surface area contributed by atoms with Crippen molar-refractivity contribution in [2.75, 3.05) is 76.6 Å². The van der Waals surface area contributed by atoms with Gasteiger partial charge in [-0.2, -0.15) is 0 Å². The molecule has 10 nitrogen and oxygen atoms in total. The highest BCUT2D eigenvalue weighted by molar-refractivity contribution is 6.02. The van der Waals surface area contributed by atoms with Crippen molar-refractivity contribution in [2.45, 2.75) is 6.04 Å². The Morgan fingerprint density at radius 3 is 2.80 bits per heavy atom. The Kier molecular flexibility index (Phi) is 8.36. The zero-order chi connectivity index (χ0) is 29.1. The molecule has 1 aromatic carbocycles. The number of halogens is 1. The maximum atomic E-state index is 15.4. The van der Waals surface area contributed by atoms with Crippen molar-refractivity contribution >= 4 is 34.5 Å². The van der Waals surface area contributed by atoms with Crippen LogP contribution >= 0.6 is 0 Å². The second-order valence-corrected chi connectivity index (χ2v) is 10.4. The van der Waals surface area contributed by atoms with E-state index < -0.39 is 5.82 Å². The third-order valence-electron chi connectivity index (χ3n) is 7.47. The number of allylic oxidation sites excluding steroid dienone is 2. The molecule has 2 unspecified atom stereocenters. The number of hydrogen-bond acceptors (Lipinski definition) is 9. The number of nitrogens with zero attached hydrogens (tertiary/aromatic N) is 5. The lowest BCUT2D eigenvalue weighted by Crippen LogP contribution is -2.39. The van der Waals surface area contributed by atoms with Crippen molar-refractivity contribution < 1.29 is 18.7 Å². The molecule has 2 aliphatic heterocycles. The standard InChI is InChI=1S/C30H36FN7O3/c1-6-27(39)33-21-15-22(26(40-5)16-24(21)37(4)12-11-36(2)3)34-30-32-17-20(31)29(35-30)28-19-9-7-8-10-23(19)38-13-14-41-18-25(28)38/h6-10,15-17,19,23H,1,11-14,18H2,2-5H3,(H,33,39)(H,32,34,35). The fourth-order valence-corrected chi connectivity index (χ4v) is 5.40. The van der Waals surface area contributed by atoms with E-state index in [1.54, 1.807) is 13.2 Å². The average molecular weight is 562 g/mol. The van der Waals surface area contributed by atoms with Crippen LogP contribution < -0.4 is 20.3 Å². The number of fused-ring (bicyclic) bond motifs is 3. The first-order valence-electron chi connectivity index (χ1n) is 13.5. The molecule has 1 aromatic heterocycles. The molecule has 0 bridgehead atoms. The van der Waals surface area contributed by atoms with Gasteiger partial charge in [0.2, 0.25) is 11.9 Å². The molecule has 2 atom stereocenters. The predicted molar refractivity (Wildman–Crippen MR) is 159 cm³/mol. The van der Waals surface area contributed by atoms with Gasteiger partial charge in [-0.3, -0.25) is 4.79 Å². The molecule has 1 aliphatic carbocycles. The van der Waals surface area contributed by atoms with Crippen LogP contribution in [0.3, 0.4) is 0 Å². The van der Waals surface area contributed by atoms with Crippen LogP contribution in [0.1, 0.15) is 5.69 Å².